The van der Waals surface area contributed by atoms with Gasteiger partial charge < -0.3 is 14.7 Å². The number of nitrogens with zero attached hydrogens (tertiary/aromatic N) is 1. The summed E-state index contributed by atoms with van der Waals surface area (Å²) in [5.74, 6) is 0. The van der Waals surface area contributed by atoms with E-state index in [2.05, 4.69) is 17.9 Å². The molecule has 18 heavy (non-hydrogen) atoms. The van der Waals surface area contributed by atoms with E-state index in [4.69, 9.17) is 4.74 Å². The predicted molar refractivity (Wildman–Crippen MR) is 73.9 cm³/mol. The molecule has 0 saturated carbocycles. The van der Waals surface area contributed by atoms with Crippen LogP contribution in [0.4, 0.5) is 5.69 Å². The lowest BCUT2D eigenvalue weighted by molar-refractivity contribution is -0.00476. The van der Waals surface area contributed by atoms with Gasteiger partial charge in [0.2, 0.25) is 0 Å². The molecule has 1 N–H and O–H groups in total. The minimum Gasteiger partial charge on any atom is -0.389 e. The molecule has 0 bridgehead atoms. The van der Waals surface area contributed by atoms with Crippen molar-refractivity contribution in [3.63, 3.8) is 0 Å². The van der Waals surface area contributed by atoms with Gasteiger partial charge >= 0.3 is 0 Å². The van der Waals surface area contributed by atoms with E-state index >= 15 is 0 Å². The van der Waals surface area contributed by atoms with Crippen LogP contribution in [0.15, 0.2) is 24.3 Å². The number of para-hydroxylation sites is 1. The third kappa shape index (κ3) is 2.68. The molecule has 1 fully saturated rings. The summed E-state index contributed by atoms with van der Waals surface area (Å²) in [6.45, 7) is 5.89. The average molecular weight is 249 g/mol. The predicted octanol–water partition coefficient (Wildman–Crippen LogP) is 2.75. The van der Waals surface area contributed by atoms with Gasteiger partial charge in [-0.2, -0.15) is 0 Å². The van der Waals surface area contributed by atoms with Gasteiger partial charge in [-0.05, 0) is 32.8 Å². The highest BCUT2D eigenvalue weighted by atomic mass is 16.5. The second kappa shape index (κ2) is 5.29. The Balaban J connectivity index is 2.26. The Kier molecular flexibility index (Phi) is 3.93. The van der Waals surface area contributed by atoms with Crippen LogP contribution in [0.25, 0.3) is 0 Å². The van der Waals surface area contributed by atoms with Gasteiger partial charge in [0.25, 0.3) is 0 Å². The standard InChI is InChI=1S/C15H23NO2/c1-12(17)13-7-4-5-8-14(13)16-10-6-9-15(2,11-16)18-3/h4-5,7-8,12,17H,6,9-11H2,1-3H3/t12-,15?/m0/s1. The smallest absolute Gasteiger partial charge is 0.0825 e. The lowest BCUT2D eigenvalue weighted by Gasteiger charge is -2.41. The molecule has 0 spiro atoms. The maximum absolute atomic E-state index is 9.86. The van der Waals surface area contributed by atoms with Gasteiger partial charge in [-0.3, -0.25) is 0 Å². The van der Waals surface area contributed by atoms with E-state index in [-0.39, 0.29) is 5.60 Å². The fraction of sp³-hybridized carbons (Fsp3) is 0.600. The zero-order valence-corrected chi connectivity index (χ0v) is 11.5. The third-order valence-electron chi connectivity index (χ3n) is 3.88. The minimum atomic E-state index is -0.433. The summed E-state index contributed by atoms with van der Waals surface area (Å²) < 4.78 is 5.63. The molecular formula is C15H23NO2. The molecule has 2 atom stereocenters. The van der Waals surface area contributed by atoms with Crippen LogP contribution in [0.1, 0.15) is 38.4 Å². The number of rotatable bonds is 3. The summed E-state index contributed by atoms with van der Waals surface area (Å²) in [5.41, 5.74) is 2.05. The van der Waals surface area contributed by atoms with Crippen LogP contribution in [0.2, 0.25) is 0 Å². The number of piperidine rings is 1. The van der Waals surface area contributed by atoms with Crippen molar-refractivity contribution in [3.8, 4) is 0 Å². The van der Waals surface area contributed by atoms with Crippen molar-refractivity contribution < 1.29 is 9.84 Å². The number of aliphatic hydroxyl groups excluding tert-OH is 1. The first kappa shape index (κ1) is 13.4. The van der Waals surface area contributed by atoms with Gasteiger partial charge in [0.05, 0.1) is 11.7 Å². The third-order valence-corrected chi connectivity index (χ3v) is 3.88. The van der Waals surface area contributed by atoms with E-state index in [0.717, 1.165) is 37.2 Å². The van der Waals surface area contributed by atoms with Gasteiger partial charge in [-0.1, -0.05) is 18.2 Å². The fourth-order valence-corrected chi connectivity index (χ4v) is 2.71. The summed E-state index contributed by atoms with van der Waals surface area (Å²) in [7, 11) is 1.78. The molecule has 1 heterocycles. The van der Waals surface area contributed by atoms with Crippen LogP contribution in [0.3, 0.4) is 0 Å². The quantitative estimate of drug-likeness (QED) is 0.894. The lowest BCUT2D eigenvalue weighted by atomic mass is 9.93. The summed E-state index contributed by atoms with van der Waals surface area (Å²) in [4.78, 5) is 2.33. The fourth-order valence-electron chi connectivity index (χ4n) is 2.71. The molecule has 100 valence electrons. The van der Waals surface area contributed by atoms with Crippen LogP contribution >= 0.6 is 0 Å². The summed E-state index contributed by atoms with van der Waals surface area (Å²) in [5, 5.41) is 9.86. The van der Waals surface area contributed by atoms with Crippen LogP contribution in [-0.4, -0.2) is 30.9 Å². The topological polar surface area (TPSA) is 32.7 Å². The summed E-state index contributed by atoms with van der Waals surface area (Å²) >= 11 is 0. The van der Waals surface area contributed by atoms with Gasteiger partial charge in [0, 0.05) is 31.5 Å². The number of hydrogen-bond donors (Lipinski definition) is 1. The second-order valence-electron chi connectivity index (χ2n) is 5.41. The molecule has 0 aromatic heterocycles. The van der Waals surface area contributed by atoms with Crippen molar-refractivity contribution in [1.82, 2.24) is 0 Å². The molecule has 3 heteroatoms. The average Bonchev–Trinajstić information content (AvgIpc) is 2.39. The number of aliphatic hydroxyl groups is 1. The molecular weight excluding hydrogens is 226 g/mol. The van der Waals surface area contributed by atoms with E-state index in [0.29, 0.717) is 0 Å². The molecule has 1 saturated heterocycles. The van der Waals surface area contributed by atoms with Crippen LogP contribution < -0.4 is 4.90 Å². The Morgan fingerprint density at radius 3 is 2.78 bits per heavy atom. The Hall–Kier alpha value is -1.06. The van der Waals surface area contributed by atoms with E-state index in [1.54, 1.807) is 7.11 Å². The highest BCUT2D eigenvalue weighted by molar-refractivity contribution is 5.55. The van der Waals surface area contributed by atoms with Gasteiger partial charge in [-0.15, -0.1) is 0 Å². The molecule has 1 aromatic rings. The largest absolute Gasteiger partial charge is 0.389 e. The molecule has 3 nitrogen and oxygen atoms in total. The molecule has 1 unspecified atom stereocenters. The second-order valence-corrected chi connectivity index (χ2v) is 5.41. The van der Waals surface area contributed by atoms with E-state index in [1.165, 1.54) is 0 Å². The van der Waals surface area contributed by atoms with Crippen molar-refractivity contribution in [2.45, 2.75) is 38.4 Å². The monoisotopic (exact) mass is 249 g/mol. The van der Waals surface area contributed by atoms with Gasteiger partial charge in [0.15, 0.2) is 0 Å². The summed E-state index contributed by atoms with van der Waals surface area (Å²) in [6, 6.07) is 8.09. The SMILES string of the molecule is COC1(C)CCCN(c2ccccc2[C@H](C)O)C1. The van der Waals surface area contributed by atoms with Gasteiger partial charge in [0.1, 0.15) is 0 Å². The molecule has 0 radical (unpaired) electrons. The Bertz CT molecular complexity index is 405. The highest BCUT2D eigenvalue weighted by Crippen LogP contribution is 2.32. The number of ether oxygens (including phenoxy) is 1. The van der Waals surface area contributed by atoms with Crippen molar-refractivity contribution in [2.75, 3.05) is 25.1 Å². The maximum atomic E-state index is 9.86. The maximum Gasteiger partial charge on any atom is 0.0825 e. The van der Waals surface area contributed by atoms with E-state index in [9.17, 15) is 5.11 Å². The van der Waals surface area contributed by atoms with Crippen molar-refractivity contribution in [1.29, 1.82) is 0 Å². The lowest BCUT2D eigenvalue weighted by Crippen LogP contribution is -2.47. The number of methoxy groups -OCH3 is 1. The Labute approximate surface area is 109 Å². The van der Waals surface area contributed by atoms with Crippen LogP contribution in [0, 0.1) is 0 Å². The summed E-state index contributed by atoms with van der Waals surface area (Å²) in [6.07, 6.45) is 1.78. The molecule has 0 amide bonds. The first-order chi connectivity index (χ1) is 8.56. The number of anilines is 1. The Morgan fingerprint density at radius 2 is 2.11 bits per heavy atom. The number of benzene rings is 1. The minimum absolute atomic E-state index is 0.0793. The van der Waals surface area contributed by atoms with Crippen molar-refractivity contribution in [3.05, 3.63) is 29.8 Å². The first-order valence-electron chi connectivity index (χ1n) is 6.63. The molecule has 1 aliphatic heterocycles. The number of hydrogen-bond acceptors (Lipinski definition) is 3. The first-order valence-corrected chi connectivity index (χ1v) is 6.63. The molecule has 2 rings (SSSR count). The Morgan fingerprint density at radius 1 is 1.39 bits per heavy atom. The van der Waals surface area contributed by atoms with Crippen molar-refractivity contribution in [2.24, 2.45) is 0 Å². The normalized spacial score (nSPS) is 26.1. The van der Waals surface area contributed by atoms with Crippen molar-refractivity contribution >= 4 is 5.69 Å². The highest BCUT2D eigenvalue weighted by Gasteiger charge is 2.31. The van der Waals surface area contributed by atoms with Gasteiger partial charge in [-0.25, -0.2) is 0 Å². The molecule has 0 aliphatic carbocycles. The van der Waals surface area contributed by atoms with E-state index < -0.39 is 6.10 Å². The van der Waals surface area contributed by atoms with Crippen LogP contribution in [-0.2, 0) is 4.74 Å². The van der Waals surface area contributed by atoms with E-state index in [1.807, 2.05) is 25.1 Å². The molecule has 1 aromatic carbocycles. The zero-order chi connectivity index (χ0) is 13.2. The zero-order valence-electron chi connectivity index (χ0n) is 11.5. The van der Waals surface area contributed by atoms with Crippen LogP contribution in [0.5, 0.6) is 0 Å². The molecule has 1 aliphatic rings.